The van der Waals surface area contributed by atoms with Crippen LogP contribution in [0.4, 0.5) is 0 Å². The maximum Gasteiger partial charge on any atom is 0.326 e. The third kappa shape index (κ3) is 2.96. The summed E-state index contributed by atoms with van der Waals surface area (Å²) >= 11 is 0. The summed E-state index contributed by atoms with van der Waals surface area (Å²) in [5.74, 6) is -0.119. The Hall–Kier alpha value is -0.650. The zero-order valence-corrected chi connectivity index (χ0v) is 14.2. The number of methoxy groups -OCH3 is 1. The Kier molecular flexibility index (Phi) is 4.96. The van der Waals surface area contributed by atoms with Crippen LogP contribution in [-0.4, -0.2) is 74.7 Å². The minimum atomic E-state index is -0.488. The molecule has 122 valence electrons. The van der Waals surface area contributed by atoms with Crippen LogP contribution in [0.25, 0.3) is 0 Å². The van der Waals surface area contributed by atoms with Crippen LogP contribution in [0.2, 0.25) is 0 Å². The molecule has 5 heteroatoms. The Labute approximate surface area is 129 Å². The number of ether oxygens (including phenoxy) is 1. The summed E-state index contributed by atoms with van der Waals surface area (Å²) in [7, 11) is 9.93. The largest absolute Gasteiger partial charge is 0.468 e. The van der Waals surface area contributed by atoms with E-state index in [2.05, 4.69) is 36.3 Å². The van der Waals surface area contributed by atoms with Gasteiger partial charge in [0.25, 0.3) is 0 Å². The molecule has 0 saturated heterocycles. The number of hydrogen-bond donors (Lipinski definition) is 1. The molecule has 2 saturated carbocycles. The summed E-state index contributed by atoms with van der Waals surface area (Å²) in [6.07, 6.45) is 6.65. The summed E-state index contributed by atoms with van der Waals surface area (Å²) in [6.45, 7) is 1.09. The average molecular weight is 297 g/mol. The molecular weight excluding hydrogens is 266 g/mol. The van der Waals surface area contributed by atoms with Crippen molar-refractivity contribution >= 4 is 5.97 Å². The summed E-state index contributed by atoms with van der Waals surface area (Å²) in [6, 6.07) is 0.453. The van der Waals surface area contributed by atoms with Crippen LogP contribution in [0.1, 0.15) is 38.5 Å². The number of esters is 1. The second-order valence-corrected chi connectivity index (χ2v) is 7.11. The van der Waals surface area contributed by atoms with E-state index in [9.17, 15) is 4.79 Å². The number of carbonyl (C=O) groups excluding carboxylic acids is 1. The fourth-order valence-corrected chi connectivity index (χ4v) is 4.03. The lowest BCUT2D eigenvalue weighted by Crippen LogP contribution is -2.58. The number of carbonyl (C=O) groups is 1. The predicted molar refractivity (Wildman–Crippen MR) is 84.3 cm³/mol. The van der Waals surface area contributed by atoms with Crippen molar-refractivity contribution in [1.82, 2.24) is 15.1 Å². The van der Waals surface area contributed by atoms with Crippen molar-refractivity contribution in [2.45, 2.75) is 55.6 Å². The lowest BCUT2D eigenvalue weighted by atomic mass is 9.75. The van der Waals surface area contributed by atoms with Gasteiger partial charge in [-0.2, -0.15) is 0 Å². The molecule has 2 unspecified atom stereocenters. The molecule has 0 aromatic carbocycles. The first-order chi connectivity index (χ1) is 9.89. The van der Waals surface area contributed by atoms with Crippen molar-refractivity contribution in [2.75, 3.05) is 41.8 Å². The minimum absolute atomic E-state index is 0.119. The third-order valence-electron chi connectivity index (χ3n) is 5.94. The van der Waals surface area contributed by atoms with E-state index in [4.69, 9.17) is 4.74 Å². The summed E-state index contributed by atoms with van der Waals surface area (Å²) in [4.78, 5) is 16.9. The lowest BCUT2D eigenvalue weighted by Gasteiger charge is -2.50. The second kappa shape index (κ2) is 6.23. The number of rotatable bonds is 6. The van der Waals surface area contributed by atoms with Gasteiger partial charge < -0.3 is 19.9 Å². The highest BCUT2D eigenvalue weighted by Gasteiger charge is 2.48. The first-order valence-corrected chi connectivity index (χ1v) is 8.04. The highest BCUT2D eigenvalue weighted by Crippen LogP contribution is 2.39. The summed E-state index contributed by atoms with van der Waals surface area (Å²) in [5, 5.41) is 3.21. The van der Waals surface area contributed by atoms with Gasteiger partial charge in [0, 0.05) is 18.1 Å². The van der Waals surface area contributed by atoms with E-state index < -0.39 is 5.54 Å². The molecule has 0 radical (unpaired) electrons. The van der Waals surface area contributed by atoms with Crippen LogP contribution in [0.5, 0.6) is 0 Å². The maximum absolute atomic E-state index is 12.1. The van der Waals surface area contributed by atoms with Gasteiger partial charge in [0.1, 0.15) is 5.54 Å². The second-order valence-electron chi connectivity index (χ2n) is 7.11. The summed E-state index contributed by atoms with van der Waals surface area (Å²) in [5.41, 5.74) is -0.149. The first kappa shape index (κ1) is 16.7. The van der Waals surface area contributed by atoms with Crippen LogP contribution in [-0.2, 0) is 9.53 Å². The third-order valence-corrected chi connectivity index (χ3v) is 5.94. The lowest BCUT2D eigenvalue weighted by molar-refractivity contribution is -0.148. The standard InChI is InChI=1S/C16H31N3O2/c1-17-16(14(20)21-5)10-7-13(11-16)19(4)12-15(18(2)3)8-6-9-15/h13,17H,6-12H2,1-5H3. The molecule has 0 bridgehead atoms. The maximum atomic E-state index is 12.1. The van der Waals surface area contributed by atoms with Gasteiger partial charge in [-0.3, -0.25) is 4.79 Å². The number of hydrogen-bond acceptors (Lipinski definition) is 5. The molecule has 0 aromatic rings. The predicted octanol–water partition coefficient (Wildman–Crippen LogP) is 1.09. The van der Waals surface area contributed by atoms with Crippen molar-refractivity contribution in [3.8, 4) is 0 Å². The number of nitrogens with zero attached hydrogens (tertiary/aromatic N) is 2. The van der Waals surface area contributed by atoms with Gasteiger partial charge in [0.15, 0.2) is 0 Å². The smallest absolute Gasteiger partial charge is 0.326 e. The van der Waals surface area contributed by atoms with Crippen molar-refractivity contribution in [1.29, 1.82) is 0 Å². The van der Waals surface area contributed by atoms with Crippen molar-refractivity contribution in [3.63, 3.8) is 0 Å². The molecule has 2 rings (SSSR count). The topological polar surface area (TPSA) is 44.8 Å². The van der Waals surface area contributed by atoms with E-state index in [0.717, 1.165) is 25.8 Å². The fraction of sp³-hybridized carbons (Fsp3) is 0.938. The highest BCUT2D eigenvalue weighted by atomic mass is 16.5. The molecule has 2 atom stereocenters. The SMILES string of the molecule is CNC1(C(=O)OC)CCC(N(C)CC2(N(C)C)CCC2)C1. The summed E-state index contributed by atoms with van der Waals surface area (Å²) < 4.78 is 5.00. The van der Waals surface area contributed by atoms with E-state index in [1.807, 2.05) is 7.05 Å². The highest BCUT2D eigenvalue weighted by molar-refractivity contribution is 5.81. The average Bonchev–Trinajstić information content (AvgIpc) is 2.87. The van der Waals surface area contributed by atoms with Crippen LogP contribution in [0.3, 0.4) is 0 Å². The van der Waals surface area contributed by atoms with Gasteiger partial charge in [-0.15, -0.1) is 0 Å². The van der Waals surface area contributed by atoms with Crippen LogP contribution >= 0.6 is 0 Å². The molecule has 0 aliphatic heterocycles. The Morgan fingerprint density at radius 1 is 1.29 bits per heavy atom. The van der Waals surface area contributed by atoms with Crippen molar-refractivity contribution in [3.05, 3.63) is 0 Å². The van der Waals surface area contributed by atoms with Gasteiger partial charge in [-0.25, -0.2) is 0 Å². The Morgan fingerprint density at radius 2 is 1.95 bits per heavy atom. The van der Waals surface area contributed by atoms with E-state index in [0.29, 0.717) is 11.6 Å². The normalized spacial score (nSPS) is 31.5. The van der Waals surface area contributed by atoms with E-state index in [-0.39, 0.29) is 5.97 Å². The molecule has 0 amide bonds. The molecule has 2 aliphatic carbocycles. The van der Waals surface area contributed by atoms with Gasteiger partial charge in [-0.1, -0.05) is 0 Å². The monoisotopic (exact) mass is 297 g/mol. The molecule has 21 heavy (non-hydrogen) atoms. The Bertz CT molecular complexity index is 382. The van der Waals surface area contributed by atoms with Gasteiger partial charge in [-0.05, 0) is 66.7 Å². The molecule has 2 fully saturated rings. The van der Waals surface area contributed by atoms with Crippen LogP contribution < -0.4 is 5.32 Å². The Morgan fingerprint density at radius 3 is 2.38 bits per heavy atom. The quantitative estimate of drug-likeness (QED) is 0.744. The van der Waals surface area contributed by atoms with Gasteiger partial charge in [0.05, 0.1) is 7.11 Å². The van der Waals surface area contributed by atoms with Gasteiger partial charge >= 0.3 is 5.97 Å². The fourth-order valence-electron chi connectivity index (χ4n) is 4.03. The first-order valence-electron chi connectivity index (χ1n) is 8.04. The zero-order valence-electron chi connectivity index (χ0n) is 14.2. The van der Waals surface area contributed by atoms with E-state index >= 15 is 0 Å². The molecule has 0 spiro atoms. The molecule has 5 nitrogen and oxygen atoms in total. The van der Waals surface area contributed by atoms with Crippen molar-refractivity contribution < 1.29 is 9.53 Å². The number of nitrogens with one attached hydrogen (secondary N) is 1. The van der Waals surface area contributed by atoms with Crippen LogP contribution in [0.15, 0.2) is 0 Å². The Balaban J connectivity index is 1.99. The molecule has 0 heterocycles. The van der Waals surface area contributed by atoms with E-state index in [1.54, 1.807) is 0 Å². The number of likely N-dealkylation sites (N-methyl/N-ethyl adjacent to an activating group) is 3. The molecular formula is C16H31N3O2. The van der Waals surface area contributed by atoms with Crippen LogP contribution in [0, 0.1) is 0 Å². The van der Waals surface area contributed by atoms with E-state index in [1.165, 1.54) is 26.4 Å². The zero-order chi connectivity index (χ0) is 15.7. The minimum Gasteiger partial charge on any atom is -0.468 e. The molecule has 2 aliphatic rings. The molecule has 1 N–H and O–H groups in total. The van der Waals surface area contributed by atoms with Crippen molar-refractivity contribution in [2.24, 2.45) is 0 Å². The molecule has 0 aromatic heterocycles. The van der Waals surface area contributed by atoms with Gasteiger partial charge in [0.2, 0.25) is 0 Å².